The summed E-state index contributed by atoms with van der Waals surface area (Å²) in [6.45, 7) is 0. The molecule has 2 amide bonds. The first kappa shape index (κ1) is 16.8. The summed E-state index contributed by atoms with van der Waals surface area (Å²) in [5.74, 6) is 0.730. The molecular formula is C20H18N4O3. The van der Waals surface area contributed by atoms with Crippen molar-refractivity contribution in [3.8, 4) is 16.9 Å². The molecule has 2 aromatic carbocycles. The average Bonchev–Trinajstić information content (AvgIpc) is 3.12. The molecule has 0 bridgehead atoms. The van der Waals surface area contributed by atoms with Crippen molar-refractivity contribution in [2.45, 2.75) is 12.5 Å². The lowest BCUT2D eigenvalue weighted by Gasteiger charge is -2.24. The maximum Gasteiger partial charge on any atom is 0.249 e. The number of carbonyl (C=O) groups is 2. The summed E-state index contributed by atoms with van der Waals surface area (Å²) in [5, 5.41) is 10.0. The molecule has 27 heavy (non-hydrogen) atoms. The van der Waals surface area contributed by atoms with Gasteiger partial charge in [-0.2, -0.15) is 5.10 Å². The largest absolute Gasteiger partial charge is 0.497 e. The highest BCUT2D eigenvalue weighted by atomic mass is 16.5. The molecule has 1 aromatic heterocycles. The number of aromatic nitrogens is 2. The normalized spacial score (nSPS) is 15.6. The van der Waals surface area contributed by atoms with Crippen LogP contribution in [0.25, 0.3) is 11.1 Å². The van der Waals surface area contributed by atoms with Crippen LogP contribution in [0, 0.1) is 0 Å². The molecular weight excluding hydrogens is 344 g/mol. The van der Waals surface area contributed by atoms with Crippen LogP contribution in [0.3, 0.4) is 0 Å². The lowest BCUT2D eigenvalue weighted by atomic mass is 10.1. The van der Waals surface area contributed by atoms with Gasteiger partial charge in [-0.05, 0) is 29.8 Å². The zero-order chi connectivity index (χ0) is 18.8. The topological polar surface area (TPSA) is 85.2 Å². The standard InChI is InChI=1S/C20H18N4O3/c1-27-15-9-7-14(8-10-15)22-20(26)17-11-18(25)23-19-16(12-21-24(17)19)13-5-3-2-4-6-13/h2-10,12,17H,11H2,1H3,(H,22,26)(H,23,25). The van der Waals surface area contributed by atoms with Crippen LogP contribution in [0.2, 0.25) is 0 Å². The van der Waals surface area contributed by atoms with Crippen molar-refractivity contribution < 1.29 is 14.3 Å². The van der Waals surface area contributed by atoms with Crippen molar-refractivity contribution in [2.75, 3.05) is 17.7 Å². The van der Waals surface area contributed by atoms with Crippen molar-refractivity contribution in [1.29, 1.82) is 0 Å². The highest BCUT2D eigenvalue weighted by Crippen LogP contribution is 2.34. The number of methoxy groups -OCH3 is 1. The fourth-order valence-electron chi connectivity index (χ4n) is 3.10. The second-order valence-corrected chi connectivity index (χ2v) is 6.20. The van der Waals surface area contributed by atoms with Gasteiger partial charge in [0.25, 0.3) is 0 Å². The number of benzene rings is 2. The predicted molar refractivity (Wildman–Crippen MR) is 102 cm³/mol. The molecule has 4 rings (SSSR count). The van der Waals surface area contributed by atoms with Gasteiger partial charge in [-0.1, -0.05) is 30.3 Å². The fourth-order valence-corrected chi connectivity index (χ4v) is 3.10. The third-order valence-corrected chi connectivity index (χ3v) is 4.47. The molecule has 1 aliphatic heterocycles. The third-order valence-electron chi connectivity index (χ3n) is 4.47. The SMILES string of the molecule is COc1ccc(NC(=O)C2CC(=O)Nc3c(-c4ccccc4)cnn32)cc1. The molecule has 3 aromatic rings. The minimum Gasteiger partial charge on any atom is -0.497 e. The number of anilines is 2. The van der Waals surface area contributed by atoms with Gasteiger partial charge in [-0.25, -0.2) is 4.68 Å². The number of amides is 2. The van der Waals surface area contributed by atoms with E-state index in [1.807, 2.05) is 30.3 Å². The first-order valence-corrected chi connectivity index (χ1v) is 8.53. The molecule has 7 heteroatoms. The maximum atomic E-state index is 12.8. The summed E-state index contributed by atoms with van der Waals surface area (Å²) in [6, 6.07) is 15.9. The van der Waals surface area contributed by atoms with Gasteiger partial charge in [0.15, 0.2) is 0 Å². The number of nitrogens with zero attached hydrogens (tertiary/aromatic N) is 2. The number of ether oxygens (including phenoxy) is 1. The molecule has 0 fully saturated rings. The molecule has 0 radical (unpaired) electrons. The van der Waals surface area contributed by atoms with Crippen LogP contribution < -0.4 is 15.4 Å². The Morgan fingerprint density at radius 1 is 1.19 bits per heavy atom. The van der Waals surface area contributed by atoms with Crippen LogP contribution in [-0.4, -0.2) is 28.7 Å². The van der Waals surface area contributed by atoms with Gasteiger partial charge in [0.05, 0.1) is 19.7 Å². The summed E-state index contributed by atoms with van der Waals surface area (Å²) in [7, 11) is 1.58. The monoisotopic (exact) mass is 362 g/mol. The van der Waals surface area contributed by atoms with E-state index < -0.39 is 6.04 Å². The van der Waals surface area contributed by atoms with Crippen molar-refractivity contribution in [2.24, 2.45) is 0 Å². The van der Waals surface area contributed by atoms with Gasteiger partial charge in [0.2, 0.25) is 11.8 Å². The Balaban J connectivity index is 1.62. The summed E-state index contributed by atoms with van der Waals surface area (Å²) in [6.07, 6.45) is 1.70. The quantitative estimate of drug-likeness (QED) is 0.747. The second-order valence-electron chi connectivity index (χ2n) is 6.20. The number of carbonyl (C=O) groups excluding carboxylic acids is 2. The molecule has 1 unspecified atom stereocenters. The Hall–Kier alpha value is -3.61. The molecule has 1 atom stereocenters. The Bertz CT molecular complexity index is 980. The van der Waals surface area contributed by atoms with Crippen molar-refractivity contribution >= 4 is 23.3 Å². The van der Waals surface area contributed by atoms with E-state index >= 15 is 0 Å². The molecule has 0 saturated carbocycles. The van der Waals surface area contributed by atoms with Crippen LogP contribution >= 0.6 is 0 Å². The van der Waals surface area contributed by atoms with Crippen LogP contribution in [0.5, 0.6) is 5.75 Å². The Morgan fingerprint density at radius 3 is 2.63 bits per heavy atom. The van der Waals surface area contributed by atoms with Crippen molar-refractivity contribution in [3.63, 3.8) is 0 Å². The summed E-state index contributed by atoms with van der Waals surface area (Å²) >= 11 is 0. The van der Waals surface area contributed by atoms with Crippen molar-refractivity contribution in [1.82, 2.24) is 9.78 Å². The average molecular weight is 362 g/mol. The van der Waals surface area contributed by atoms with Gasteiger partial charge < -0.3 is 15.4 Å². The van der Waals surface area contributed by atoms with Crippen LogP contribution in [-0.2, 0) is 9.59 Å². The highest BCUT2D eigenvalue weighted by Gasteiger charge is 2.33. The van der Waals surface area contributed by atoms with Crippen molar-refractivity contribution in [3.05, 3.63) is 60.8 Å². The minimum atomic E-state index is -0.715. The molecule has 2 heterocycles. The molecule has 0 spiro atoms. The predicted octanol–water partition coefficient (Wildman–Crippen LogP) is 3.08. The van der Waals surface area contributed by atoms with Crippen LogP contribution in [0.1, 0.15) is 12.5 Å². The number of hydrogen-bond acceptors (Lipinski definition) is 4. The number of fused-ring (bicyclic) bond motifs is 1. The second kappa shape index (κ2) is 6.95. The minimum absolute atomic E-state index is 0.0326. The molecule has 7 nitrogen and oxygen atoms in total. The molecule has 0 saturated heterocycles. The molecule has 136 valence electrons. The Morgan fingerprint density at radius 2 is 1.93 bits per heavy atom. The lowest BCUT2D eigenvalue weighted by Crippen LogP contribution is -2.35. The Labute approximate surface area is 156 Å². The van der Waals surface area contributed by atoms with Gasteiger partial charge in [-0.3, -0.25) is 9.59 Å². The zero-order valence-corrected chi connectivity index (χ0v) is 14.7. The summed E-state index contributed by atoms with van der Waals surface area (Å²) in [4.78, 5) is 25.0. The molecule has 2 N–H and O–H groups in total. The van der Waals surface area contributed by atoms with E-state index in [2.05, 4.69) is 15.7 Å². The van der Waals surface area contributed by atoms with Gasteiger partial charge in [0.1, 0.15) is 17.6 Å². The van der Waals surface area contributed by atoms with Gasteiger partial charge >= 0.3 is 0 Å². The smallest absolute Gasteiger partial charge is 0.249 e. The first-order chi connectivity index (χ1) is 13.2. The lowest BCUT2D eigenvalue weighted by molar-refractivity contribution is -0.125. The molecule has 0 aliphatic carbocycles. The van der Waals surface area contributed by atoms with E-state index in [9.17, 15) is 9.59 Å². The van der Waals surface area contributed by atoms with E-state index in [1.54, 1.807) is 42.3 Å². The maximum absolute atomic E-state index is 12.8. The zero-order valence-electron chi connectivity index (χ0n) is 14.7. The van der Waals surface area contributed by atoms with Gasteiger partial charge in [0, 0.05) is 11.3 Å². The van der Waals surface area contributed by atoms with E-state index in [-0.39, 0.29) is 18.2 Å². The van der Waals surface area contributed by atoms with Crippen LogP contribution in [0.4, 0.5) is 11.5 Å². The number of rotatable bonds is 4. The van der Waals surface area contributed by atoms with E-state index in [0.29, 0.717) is 17.3 Å². The number of nitrogens with one attached hydrogen (secondary N) is 2. The summed E-state index contributed by atoms with van der Waals surface area (Å²) < 4.78 is 6.69. The summed E-state index contributed by atoms with van der Waals surface area (Å²) in [5.41, 5.74) is 2.34. The Kier molecular flexibility index (Phi) is 4.33. The first-order valence-electron chi connectivity index (χ1n) is 8.53. The van der Waals surface area contributed by atoms with E-state index in [4.69, 9.17) is 4.74 Å². The number of hydrogen-bond donors (Lipinski definition) is 2. The van der Waals surface area contributed by atoms with Crippen LogP contribution in [0.15, 0.2) is 60.8 Å². The fraction of sp³-hybridized carbons (Fsp3) is 0.150. The van der Waals surface area contributed by atoms with E-state index in [1.165, 1.54) is 0 Å². The highest BCUT2D eigenvalue weighted by molar-refractivity contribution is 6.03. The van der Waals surface area contributed by atoms with E-state index in [0.717, 1.165) is 11.1 Å². The van der Waals surface area contributed by atoms with Gasteiger partial charge in [-0.15, -0.1) is 0 Å². The third kappa shape index (κ3) is 3.27. The molecule has 1 aliphatic rings.